The third-order valence-electron chi connectivity index (χ3n) is 5.76. The first-order valence-electron chi connectivity index (χ1n) is 11.6. The van der Waals surface area contributed by atoms with Crippen LogP contribution < -0.4 is 26.0 Å². The molecule has 38 heavy (non-hydrogen) atoms. The van der Waals surface area contributed by atoms with Crippen LogP contribution in [0.1, 0.15) is 36.0 Å². The molecule has 5 N–H and O–H groups in total. The summed E-state index contributed by atoms with van der Waals surface area (Å²) in [6.45, 7) is 0.794. The Morgan fingerprint density at radius 1 is 0.974 bits per heavy atom. The summed E-state index contributed by atoms with van der Waals surface area (Å²) in [7, 11) is -6.55. The molecule has 13 nitrogen and oxygen atoms in total. The number of methoxy groups -OCH3 is 1. The fraction of sp³-hybridized carbons (Fsp3) is 0.348. The van der Waals surface area contributed by atoms with E-state index >= 15 is 0 Å². The average Bonchev–Trinajstić information content (AvgIpc) is 3.45. The van der Waals surface area contributed by atoms with Gasteiger partial charge in [-0.1, -0.05) is 6.07 Å². The summed E-state index contributed by atoms with van der Waals surface area (Å²) in [5.74, 6) is -2.13. The Hall–Kier alpha value is -3.53. The van der Waals surface area contributed by atoms with Gasteiger partial charge in [-0.15, -0.1) is 0 Å². The van der Waals surface area contributed by atoms with E-state index in [0.29, 0.717) is 18.8 Å². The summed E-state index contributed by atoms with van der Waals surface area (Å²) < 4.78 is 59.7. The molecule has 1 unspecified atom stereocenters. The van der Waals surface area contributed by atoms with Crippen molar-refractivity contribution < 1.29 is 36.0 Å². The lowest BCUT2D eigenvalue weighted by molar-refractivity contribution is -0.124. The number of nitrogens with one attached hydrogen (secondary N) is 3. The molecule has 1 atom stereocenters. The van der Waals surface area contributed by atoms with Gasteiger partial charge in [-0.05, 0) is 61.7 Å². The van der Waals surface area contributed by atoms with Crippen molar-refractivity contribution in [2.24, 2.45) is 5.73 Å². The lowest BCUT2D eigenvalue weighted by Gasteiger charge is -2.19. The van der Waals surface area contributed by atoms with E-state index < -0.39 is 43.8 Å². The molecule has 0 aliphatic carbocycles. The Bertz CT molecular complexity index is 1390. The number of ether oxygens (including phenoxy) is 1. The topological polar surface area (TPSA) is 194 Å². The van der Waals surface area contributed by atoms with E-state index in [1.165, 1.54) is 59.9 Å². The Labute approximate surface area is 220 Å². The van der Waals surface area contributed by atoms with E-state index in [4.69, 9.17) is 10.5 Å². The van der Waals surface area contributed by atoms with E-state index in [-0.39, 0.29) is 28.2 Å². The number of nitrogens with zero attached hydrogens (tertiary/aromatic N) is 1. The molecule has 3 amide bonds. The maximum Gasteiger partial charge on any atom is 0.269 e. The van der Waals surface area contributed by atoms with Crippen LogP contribution in [0.15, 0.2) is 58.3 Å². The minimum atomic E-state index is -4.20. The van der Waals surface area contributed by atoms with Crippen molar-refractivity contribution in [2.45, 2.75) is 41.5 Å². The Morgan fingerprint density at radius 2 is 1.63 bits per heavy atom. The quantitative estimate of drug-likeness (QED) is 0.269. The second-order valence-corrected chi connectivity index (χ2v) is 12.1. The standard InChI is InChI=1S/C23H29N5O8S2/c1-36-17-7-9-18(10-8-17)37(32,33)27-20(11-12-21(24)29)23(31)26-25-22(30)16-5-4-6-19(15-16)38(34,35)28-13-2-3-14-28/h4-10,15,20,27H,2-3,11-14H2,1H3,(H2,24,29)(H,25,30)(H,26,31). The first-order valence-corrected chi connectivity index (χ1v) is 14.5. The molecule has 0 bridgehead atoms. The highest BCUT2D eigenvalue weighted by molar-refractivity contribution is 7.89. The second kappa shape index (κ2) is 12.3. The first kappa shape index (κ1) is 29.0. The zero-order valence-electron chi connectivity index (χ0n) is 20.5. The van der Waals surface area contributed by atoms with Crippen molar-refractivity contribution in [1.29, 1.82) is 0 Å². The van der Waals surface area contributed by atoms with Gasteiger partial charge in [0.05, 0.1) is 16.9 Å². The number of benzene rings is 2. The summed E-state index contributed by atoms with van der Waals surface area (Å²) in [5, 5.41) is 0. The molecular formula is C23H29N5O8S2. The molecule has 15 heteroatoms. The van der Waals surface area contributed by atoms with Gasteiger partial charge in [-0.25, -0.2) is 16.8 Å². The lowest BCUT2D eigenvalue weighted by Crippen LogP contribution is -2.52. The predicted octanol–water partition coefficient (Wildman–Crippen LogP) is -0.147. The van der Waals surface area contributed by atoms with Gasteiger partial charge >= 0.3 is 0 Å². The fourth-order valence-electron chi connectivity index (χ4n) is 3.69. The summed E-state index contributed by atoms with van der Waals surface area (Å²) in [4.78, 5) is 36.5. The van der Waals surface area contributed by atoms with Crippen molar-refractivity contribution in [1.82, 2.24) is 19.9 Å². The maximum atomic E-state index is 12.8. The van der Waals surface area contributed by atoms with E-state index in [2.05, 4.69) is 15.6 Å². The molecule has 3 rings (SSSR count). The van der Waals surface area contributed by atoms with Crippen LogP contribution in [0.25, 0.3) is 0 Å². The molecule has 1 aliphatic rings. The molecule has 206 valence electrons. The number of carbonyl (C=O) groups excluding carboxylic acids is 3. The van der Waals surface area contributed by atoms with Crippen molar-refractivity contribution >= 4 is 37.8 Å². The van der Waals surface area contributed by atoms with Crippen molar-refractivity contribution in [3.05, 3.63) is 54.1 Å². The minimum Gasteiger partial charge on any atom is -0.497 e. The second-order valence-electron chi connectivity index (χ2n) is 8.44. The number of amides is 3. The van der Waals surface area contributed by atoms with Gasteiger partial charge in [0.2, 0.25) is 26.0 Å². The Morgan fingerprint density at radius 3 is 2.24 bits per heavy atom. The molecular weight excluding hydrogens is 538 g/mol. The number of carbonyl (C=O) groups is 3. The van der Waals surface area contributed by atoms with Crippen LogP contribution in [-0.4, -0.2) is 65.1 Å². The van der Waals surface area contributed by atoms with Crippen molar-refractivity contribution in [3.63, 3.8) is 0 Å². The molecule has 2 aromatic carbocycles. The molecule has 1 saturated heterocycles. The van der Waals surface area contributed by atoms with Gasteiger partial charge in [0.25, 0.3) is 11.8 Å². The third-order valence-corrected chi connectivity index (χ3v) is 9.14. The highest BCUT2D eigenvalue weighted by Gasteiger charge is 2.29. The van der Waals surface area contributed by atoms with Crippen molar-refractivity contribution in [2.75, 3.05) is 20.2 Å². The number of hydrazine groups is 1. The van der Waals surface area contributed by atoms with Crippen LogP contribution in [-0.2, 0) is 29.6 Å². The van der Waals surface area contributed by atoms with Gasteiger partial charge in [0.15, 0.2) is 0 Å². The monoisotopic (exact) mass is 567 g/mol. The average molecular weight is 568 g/mol. The molecule has 0 spiro atoms. The van der Waals surface area contributed by atoms with Gasteiger partial charge in [-0.3, -0.25) is 25.2 Å². The highest BCUT2D eigenvalue weighted by atomic mass is 32.2. The summed E-state index contributed by atoms with van der Waals surface area (Å²) in [6.07, 6.45) is 0.915. The maximum absolute atomic E-state index is 12.8. The largest absolute Gasteiger partial charge is 0.497 e. The van der Waals surface area contributed by atoms with E-state index in [1.807, 2.05) is 0 Å². The van der Waals surface area contributed by atoms with Gasteiger partial charge < -0.3 is 10.5 Å². The Kier molecular flexibility index (Phi) is 9.43. The molecule has 0 saturated carbocycles. The van der Waals surface area contributed by atoms with E-state index in [0.717, 1.165) is 12.8 Å². The fourth-order valence-corrected chi connectivity index (χ4v) is 6.49. The zero-order valence-corrected chi connectivity index (χ0v) is 22.2. The number of hydrogen-bond acceptors (Lipinski definition) is 8. The number of nitrogens with two attached hydrogens (primary N) is 1. The molecule has 1 aliphatic heterocycles. The number of hydrogen-bond donors (Lipinski definition) is 4. The highest BCUT2D eigenvalue weighted by Crippen LogP contribution is 2.21. The van der Waals surface area contributed by atoms with Gasteiger partial charge in [0, 0.05) is 25.1 Å². The van der Waals surface area contributed by atoms with Crippen LogP contribution >= 0.6 is 0 Å². The molecule has 1 fully saturated rings. The Balaban J connectivity index is 1.70. The normalized spacial score (nSPS) is 15.0. The SMILES string of the molecule is COc1ccc(S(=O)(=O)NC(CCC(N)=O)C(=O)NNC(=O)c2cccc(S(=O)(=O)N3CCCC3)c2)cc1. The van der Waals surface area contributed by atoms with E-state index in [9.17, 15) is 31.2 Å². The van der Waals surface area contributed by atoms with Crippen LogP contribution in [0.3, 0.4) is 0 Å². The first-order chi connectivity index (χ1) is 17.9. The van der Waals surface area contributed by atoms with E-state index in [1.54, 1.807) is 0 Å². The van der Waals surface area contributed by atoms with Crippen LogP contribution in [0.4, 0.5) is 0 Å². The zero-order chi connectivity index (χ0) is 27.9. The summed E-state index contributed by atoms with van der Waals surface area (Å²) in [5.41, 5.74) is 9.37. The lowest BCUT2D eigenvalue weighted by atomic mass is 10.1. The molecule has 2 aromatic rings. The number of primary amides is 1. The van der Waals surface area contributed by atoms with Crippen LogP contribution in [0.5, 0.6) is 5.75 Å². The van der Waals surface area contributed by atoms with Crippen molar-refractivity contribution in [3.8, 4) is 5.75 Å². The van der Waals surface area contributed by atoms with Gasteiger partial charge in [0.1, 0.15) is 11.8 Å². The third kappa shape index (κ3) is 7.28. The van der Waals surface area contributed by atoms with Crippen LogP contribution in [0, 0.1) is 0 Å². The molecule has 0 radical (unpaired) electrons. The van der Waals surface area contributed by atoms with Crippen LogP contribution in [0.2, 0.25) is 0 Å². The summed E-state index contributed by atoms with van der Waals surface area (Å²) in [6, 6.07) is 9.25. The minimum absolute atomic E-state index is 0.0435. The molecule has 1 heterocycles. The smallest absolute Gasteiger partial charge is 0.269 e. The number of sulfonamides is 2. The molecule has 0 aromatic heterocycles. The predicted molar refractivity (Wildman–Crippen MR) is 136 cm³/mol. The number of rotatable bonds is 11. The van der Waals surface area contributed by atoms with Gasteiger partial charge in [-0.2, -0.15) is 9.03 Å². The summed E-state index contributed by atoms with van der Waals surface area (Å²) >= 11 is 0.